The van der Waals surface area contributed by atoms with Gasteiger partial charge < -0.3 is 116 Å². The first kappa shape index (κ1) is 84.0. The van der Waals surface area contributed by atoms with Crippen LogP contribution in [-0.2, 0) is 83.1 Å². The third kappa shape index (κ3) is 30.2. The number of primary amides is 1. The monoisotopic (exact) mass is 1400 g/mol. The minimum Gasteiger partial charge on any atom is -0.481 e. The van der Waals surface area contributed by atoms with Crippen molar-refractivity contribution in [2.24, 2.45) is 17.4 Å². The molecule has 97 heavy (non-hydrogen) atoms. The number of aromatic nitrogens is 2. The Kier molecular flexibility index (Phi) is 37.3. The lowest BCUT2D eigenvalue weighted by atomic mass is 10.0. The van der Waals surface area contributed by atoms with E-state index in [-0.39, 0.29) is 38.0 Å². The number of carboxylic acid groups (broad SMARTS) is 2. The second kappa shape index (κ2) is 43.1. The minimum absolute atomic E-state index is 0.0644. The van der Waals surface area contributed by atoms with Crippen molar-refractivity contribution < 1.29 is 102 Å². The number of carboxylic acids is 2. The molecule has 544 valence electrons. The lowest BCUT2D eigenvalue weighted by Crippen LogP contribution is -2.61. The van der Waals surface area contributed by atoms with E-state index in [1.807, 2.05) is 0 Å². The summed E-state index contributed by atoms with van der Waals surface area (Å²) < 4.78 is 0. The maximum Gasteiger partial charge on any atom is 0.326 e. The standard InChI is InChI=1S/C57H94N18O21S/c1-26(2)43(75-51(89)34(13-14-40(59)79)67-54(92)39(24-77)73-47(85)29(5)65-53(91)38(23-76)72-46(84)28(4)64-48(86)32-12-10-17-61-32)55(93)66-27(3)45(83)62-22-41(80)74-44(30(6)78)56(94)69-33(11-8-9-16-58)49(87)70-36(20-42(81)82)52(90)68-35(15-18-97-7)50(88)71-37(57(95)96)19-31-21-60-25-63-31/h21,25-30,32-39,43-44,61,76-78H,8-20,22-24,58H2,1-7H3,(H2,59,79)(H,60,63)(H,62,83)(H,64,86)(H,65,91)(H,66,93)(H,67,92)(H,68,90)(H,69,94)(H,70,87)(H,71,88)(H,72,84)(H,73,85)(H,74,80)(H,75,89)(H,81,82)(H,95,96)/t27-,28-,29-,30+,32-,33-,34-,35-,36-,37-,38-,39-,43-,44-/m0/s1. The molecule has 0 unspecified atom stereocenters. The van der Waals surface area contributed by atoms with Gasteiger partial charge >= 0.3 is 11.9 Å². The van der Waals surface area contributed by atoms with Gasteiger partial charge in [0, 0.05) is 24.7 Å². The Hall–Kier alpha value is -9.12. The van der Waals surface area contributed by atoms with E-state index in [1.165, 1.54) is 52.0 Å². The Morgan fingerprint density at radius 3 is 1.57 bits per heavy atom. The second-order valence-electron chi connectivity index (χ2n) is 23.2. The van der Waals surface area contributed by atoms with Crippen LogP contribution in [-0.4, -0.2) is 260 Å². The van der Waals surface area contributed by atoms with Gasteiger partial charge in [-0.05, 0) is 104 Å². The van der Waals surface area contributed by atoms with Crippen LogP contribution in [0.3, 0.4) is 0 Å². The number of aliphatic hydroxyl groups is 3. The zero-order valence-corrected chi connectivity index (χ0v) is 55.7. The number of hydrogen-bond donors (Lipinski definition) is 22. The summed E-state index contributed by atoms with van der Waals surface area (Å²) in [4.78, 5) is 216. The van der Waals surface area contributed by atoms with Crippen LogP contribution in [0.25, 0.3) is 0 Å². The van der Waals surface area contributed by atoms with Crippen LogP contribution in [0, 0.1) is 5.92 Å². The van der Waals surface area contributed by atoms with Crippen molar-refractivity contribution in [2.45, 2.75) is 190 Å². The van der Waals surface area contributed by atoms with E-state index in [4.69, 9.17) is 11.5 Å². The number of nitrogens with one attached hydrogen (secondary N) is 15. The molecule has 1 aliphatic heterocycles. The third-order valence-corrected chi connectivity index (χ3v) is 15.4. The van der Waals surface area contributed by atoms with Crippen molar-refractivity contribution in [1.29, 1.82) is 0 Å². The Bertz CT molecular complexity index is 2880. The highest BCUT2D eigenvalue weighted by Crippen LogP contribution is 2.11. The van der Waals surface area contributed by atoms with E-state index in [0.29, 0.717) is 25.1 Å². The minimum atomic E-state index is -1.89. The molecule has 24 N–H and O–H groups in total. The highest BCUT2D eigenvalue weighted by Gasteiger charge is 2.37. The first-order chi connectivity index (χ1) is 45.7. The Balaban J connectivity index is 2.13. The molecular formula is C57H94N18O21S. The number of imidazole rings is 1. The van der Waals surface area contributed by atoms with E-state index in [0.717, 1.165) is 20.3 Å². The summed E-state index contributed by atoms with van der Waals surface area (Å²) in [5.74, 6) is -17.6. The molecular weight excluding hydrogens is 1300 g/mol. The number of H-pyrrole nitrogens is 1. The number of carbonyl (C=O) groups is 16. The van der Waals surface area contributed by atoms with Gasteiger partial charge in [0.25, 0.3) is 0 Å². The van der Waals surface area contributed by atoms with Crippen LogP contribution in [0.1, 0.15) is 105 Å². The molecule has 14 atom stereocenters. The smallest absolute Gasteiger partial charge is 0.326 e. The number of unbranched alkanes of at least 4 members (excludes halogenated alkanes) is 1. The van der Waals surface area contributed by atoms with Crippen molar-refractivity contribution in [3.05, 3.63) is 18.2 Å². The van der Waals surface area contributed by atoms with Crippen molar-refractivity contribution in [3.63, 3.8) is 0 Å². The van der Waals surface area contributed by atoms with Crippen LogP contribution < -0.4 is 85.9 Å². The van der Waals surface area contributed by atoms with E-state index >= 15 is 0 Å². The summed E-state index contributed by atoms with van der Waals surface area (Å²) in [5, 5.41) is 83.2. The topological polar surface area (TPSA) is 623 Å². The molecule has 0 aliphatic carbocycles. The van der Waals surface area contributed by atoms with Crippen LogP contribution in [0.2, 0.25) is 0 Å². The molecule has 0 aromatic carbocycles. The van der Waals surface area contributed by atoms with Crippen LogP contribution >= 0.6 is 11.8 Å². The number of amides is 14. The van der Waals surface area contributed by atoms with Gasteiger partial charge in [-0.25, -0.2) is 9.78 Å². The van der Waals surface area contributed by atoms with Gasteiger partial charge in [0.05, 0.1) is 44.7 Å². The summed E-state index contributed by atoms with van der Waals surface area (Å²) in [7, 11) is 0. The molecule has 0 saturated carbocycles. The Morgan fingerprint density at radius 2 is 1.06 bits per heavy atom. The first-order valence-corrected chi connectivity index (χ1v) is 32.5. The molecule has 2 rings (SSSR count). The van der Waals surface area contributed by atoms with Gasteiger partial charge in [-0.3, -0.25) is 71.9 Å². The van der Waals surface area contributed by atoms with Crippen LogP contribution in [0.15, 0.2) is 12.5 Å². The number of aromatic amines is 1. The number of aliphatic carboxylic acids is 2. The largest absolute Gasteiger partial charge is 0.481 e. The molecule has 0 bridgehead atoms. The Morgan fingerprint density at radius 1 is 0.577 bits per heavy atom. The predicted molar refractivity (Wildman–Crippen MR) is 341 cm³/mol. The number of carbonyl (C=O) groups excluding carboxylic acids is 14. The van der Waals surface area contributed by atoms with Gasteiger partial charge in [-0.15, -0.1) is 0 Å². The quantitative estimate of drug-likeness (QED) is 0.0270. The molecule has 0 radical (unpaired) electrons. The molecule has 1 aromatic rings. The number of nitrogens with two attached hydrogens (primary N) is 2. The number of thioether (sulfide) groups is 1. The number of nitrogens with zero attached hydrogens (tertiary/aromatic N) is 1. The highest BCUT2D eigenvalue weighted by molar-refractivity contribution is 7.98. The zero-order chi connectivity index (χ0) is 73.2. The molecule has 1 aromatic heterocycles. The molecule has 14 amide bonds. The van der Waals surface area contributed by atoms with Gasteiger partial charge in [0.15, 0.2) is 0 Å². The van der Waals surface area contributed by atoms with Crippen molar-refractivity contribution in [2.75, 3.05) is 44.9 Å². The molecule has 1 fully saturated rings. The fourth-order valence-corrected chi connectivity index (χ4v) is 9.60. The predicted octanol–water partition coefficient (Wildman–Crippen LogP) is -9.57. The van der Waals surface area contributed by atoms with E-state index in [1.54, 1.807) is 6.26 Å². The summed E-state index contributed by atoms with van der Waals surface area (Å²) in [6.45, 7) is 5.60. The zero-order valence-electron chi connectivity index (χ0n) is 54.9. The number of rotatable bonds is 45. The highest BCUT2D eigenvalue weighted by atomic mass is 32.2. The Labute approximate surface area is 562 Å². The average Bonchev–Trinajstić information content (AvgIpc) is 2.08. The molecule has 2 heterocycles. The summed E-state index contributed by atoms with van der Waals surface area (Å²) in [6, 6.07) is -19.4. The fraction of sp³-hybridized carbons (Fsp3) is 0.667. The number of aliphatic hydroxyl groups excluding tert-OH is 3. The van der Waals surface area contributed by atoms with Gasteiger partial charge in [0.2, 0.25) is 82.7 Å². The second-order valence-corrected chi connectivity index (χ2v) is 24.1. The van der Waals surface area contributed by atoms with Crippen molar-refractivity contribution in [3.8, 4) is 0 Å². The summed E-state index contributed by atoms with van der Waals surface area (Å²) in [6.07, 6.45) is 1.94. The molecule has 0 spiro atoms. The van der Waals surface area contributed by atoms with Crippen LogP contribution in [0.4, 0.5) is 0 Å². The van der Waals surface area contributed by atoms with Gasteiger partial charge in [-0.2, -0.15) is 11.8 Å². The summed E-state index contributed by atoms with van der Waals surface area (Å²) >= 11 is 1.27. The van der Waals surface area contributed by atoms with E-state index in [9.17, 15) is 102 Å². The molecule has 1 aliphatic rings. The maximum absolute atomic E-state index is 13.9. The lowest BCUT2D eigenvalue weighted by molar-refractivity contribution is -0.143. The average molecular weight is 1400 g/mol. The van der Waals surface area contributed by atoms with Gasteiger partial charge in [-0.1, -0.05) is 13.8 Å². The molecule has 40 heteroatoms. The third-order valence-electron chi connectivity index (χ3n) is 14.8. The maximum atomic E-state index is 13.9. The van der Waals surface area contributed by atoms with Gasteiger partial charge in [0.1, 0.15) is 72.5 Å². The SMILES string of the molecule is CSCC[C@H](NC(=O)[C@H](CC(=O)O)NC(=O)[C@H](CCCCN)NC(=O)[C@@H](NC(=O)CNC(=O)[C@H](C)NC(=O)[C@@H](NC(=O)[C@H](CCC(N)=O)NC(=O)[C@H](CO)NC(=O)[C@H](C)NC(=O)[C@H](CO)NC(=O)[C@H](C)NC(=O)[C@@H]1CCCN1)C(C)C)[C@@H](C)O)C(=O)N[C@@H](Cc1cnc[nH]1)C(=O)O. The van der Waals surface area contributed by atoms with E-state index < -0.39 is 224 Å². The van der Waals surface area contributed by atoms with E-state index in [2.05, 4.69) is 84.4 Å². The summed E-state index contributed by atoms with van der Waals surface area (Å²) in [5.41, 5.74) is 11.3. The van der Waals surface area contributed by atoms with Crippen molar-refractivity contribution >= 4 is 106 Å². The fourth-order valence-electron chi connectivity index (χ4n) is 9.13. The molecule has 1 saturated heterocycles. The normalized spacial score (nSPS) is 16.6. The molecule has 39 nitrogen and oxygen atoms in total. The first-order valence-electron chi connectivity index (χ1n) is 31.1. The lowest BCUT2D eigenvalue weighted by Gasteiger charge is -2.27. The number of hydrogen-bond acceptors (Lipinski definition) is 23. The van der Waals surface area contributed by atoms with Crippen LogP contribution in [0.5, 0.6) is 0 Å². The van der Waals surface area contributed by atoms with Crippen molar-refractivity contribution in [1.82, 2.24) is 84.4 Å².